The maximum Gasteiger partial charge on any atom is 0.472 e. The lowest BCUT2D eigenvalue weighted by atomic mass is 10.5. The van der Waals surface area contributed by atoms with Crippen molar-refractivity contribution in [1.82, 2.24) is 0 Å². The van der Waals surface area contributed by atoms with Crippen molar-refractivity contribution >= 4 is 20.2 Å². The summed E-state index contributed by atoms with van der Waals surface area (Å²) in [7, 11) is -12.8. The van der Waals surface area contributed by atoms with E-state index in [0.717, 1.165) is 0 Å². The Hall–Kier alpha value is -0.960. The Morgan fingerprint density at radius 2 is 0.852 bits per heavy atom. The molecule has 20 heteroatoms. The molecule has 0 bridgehead atoms. The fourth-order valence-electron chi connectivity index (χ4n) is 0.292. The molecule has 0 aliphatic heterocycles. The lowest BCUT2D eigenvalue weighted by molar-refractivity contribution is -0.243. The smallest absolute Gasteiger partial charge is 0.394 e. The number of hydrogen-bond acceptors (Lipinski definition) is 6. The third-order valence-corrected chi connectivity index (χ3v) is 3.33. The van der Waals surface area contributed by atoms with Crippen LogP contribution in [0.3, 0.4) is 0 Å². The summed E-state index contributed by atoms with van der Waals surface area (Å²) < 4.78 is 164. The topological polar surface area (TPSA) is 149 Å². The number of alkyl halides is 10. The van der Waals surface area contributed by atoms with E-state index in [1.807, 2.05) is 0 Å². The predicted molar refractivity (Wildman–Crippen MR) is 63.9 cm³/mol. The van der Waals surface area contributed by atoms with E-state index in [4.69, 9.17) is 19.3 Å². The summed E-state index contributed by atoms with van der Waals surface area (Å²) in [6, 6.07) is 0. The minimum atomic E-state index is -6.42. The second kappa shape index (κ2) is 9.49. The average molecular weight is 476 g/mol. The molecule has 0 radical (unpaired) electrons. The quantitative estimate of drug-likeness (QED) is 0.353. The predicted octanol–water partition coefficient (Wildman–Crippen LogP) is 1.42. The number of hydrogen-bond donors (Lipinski definition) is 4. The summed E-state index contributed by atoms with van der Waals surface area (Å²) in [6.07, 6.45) is -13.1. The van der Waals surface area contributed by atoms with Crippen molar-refractivity contribution in [2.75, 3.05) is 6.61 Å². The molecule has 4 N–H and O–H groups in total. The highest BCUT2D eigenvalue weighted by Crippen LogP contribution is 2.39. The molecule has 0 heterocycles. The van der Waals surface area contributed by atoms with Crippen molar-refractivity contribution in [2.24, 2.45) is 0 Å². The fraction of sp³-hybridized carbons (Fsp3) is 1.00. The van der Waals surface area contributed by atoms with E-state index in [-0.39, 0.29) is 6.61 Å². The first-order valence-corrected chi connectivity index (χ1v) is 8.27. The fourth-order valence-corrected chi connectivity index (χ4v) is 0.877. The highest BCUT2D eigenvalue weighted by molar-refractivity contribution is 7.87. The molecule has 0 aromatic heterocycles. The minimum absolute atomic E-state index is 0.139. The Kier molecular flexibility index (Phi) is 10.8. The van der Waals surface area contributed by atoms with Crippen molar-refractivity contribution in [3.63, 3.8) is 0 Å². The van der Waals surface area contributed by atoms with Gasteiger partial charge in [-0.05, 0) is 6.92 Å². The zero-order chi connectivity index (χ0) is 23.3. The second-order valence-corrected chi connectivity index (χ2v) is 6.94. The SMILES string of the molecule is CC(O)CO.O=S(=O)(O)C(F)(F)C(F)(F)F.O=S(=O)(O)C(F)(F)C(F)(F)F. The molecular formula is C7H10F10O8S2. The van der Waals surface area contributed by atoms with Crippen LogP contribution in [-0.4, -0.2) is 71.7 Å². The van der Waals surface area contributed by atoms with Crippen LogP contribution in [0.1, 0.15) is 6.92 Å². The molecule has 8 nitrogen and oxygen atoms in total. The molecule has 0 fully saturated rings. The van der Waals surface area contributed by atoms with Crippen molar-refractivity contribution < 1.29 is 80.1 Å². The van der Waals surface area contributed by atoms with Gasteiger partial charge in [-0.3, -0.25) is 9.11 Å². The molecule has 27 heavy (non-hydrogen) atoms. The first-order chi connectivity index (χ1) is 11.3. The molecule has 1 unspecified atom stereocenters. The number of aliphatic hydroxyl groups is 2. The van der Waals surface area contributed by atoms with Crippen molar-refractivity contribution in [3.8, 4) is 0 Å². The summed E-state index contributed by atoms with van der Waals surface area (Å²) in [5, 5.41) is 3.81. The zero-order valence-corrected chi connectivity index (χ0v) is 13.9. The van der Waals surface area contributed by atoms with Gasteiger partial charge in [-0.15, -0.1) is 0 Å². The van der Waals surface area contributed by atoms with Gasteiger partial charge >= 0.3 is 43.1 Å². The van der Waals surface area contributed by atoms with E-state index in [0.29, 0.717) is 0 Å². The molecule has 0 aliphatic carbocycles. The Bertz CT molecular complexity index is 594. The van der Waals surface area contributed by atoms with E-state index >= 15 is 0 Å². The van der Waals surface area contributed by atoms with Gasteiger partial charge in [-0.1, -0.05) is 0 Å². The van der Waals surface area contributed by atoms with E-state index < -0.39 is 49.2 Å². The van der Waals surface area contributed by atoms with Crippen LogP contribution in [-0.2, 0) is 20.2 Å². The lowest BCUT2D eigenvalue weighted by Gasteiger charge is -2.15. The van der Waals surface area contributed by atoms with Gasteiger partial charge in [0.1, 0.15) is 0 Å². The van der Waals surface area contributed by atoms with Crippen molar-refractivity contribution in [2.45, 2.75) is 35.9 Å². The van der Waals surface area contributed by atoms with E-state index in [1.54, 1.807) is 0 Å². The Balaban J connectivity index is -0.000000344. The van der Waals surface area contributed by atoms with Crippen LogP contribution < -0.4 is 0 Å². The maximum atomic E-state index is 11.5. The molecule has 0 aromatic rings. The van der Waals surface area contributed by atoms with Crippen molar-refractivity contribution in [3.05, 3.63) is 0 Å². The Labute approximate surface area is 143 Å². The van der Waals surface area contributed by atoms with Crippen LogP contribution >= 0.6 is 0 Å². The molecule has 1 atom stereocenters. The first kappa shape index (κ1) is 30.8. The minimum Gasteiger partial charge on any atom is -0.394 e. The van der Waals surface area contributed by atoms with Gasteiger partial charge in [0.15, 0.2) is 0 Å². The lowest BCUT2D eigenvalue weighted by Crippen LogP contribution is -2.43. The van der Waals surface area contributed by atoms with Crippen LogP contribution in [0.15, 0.2) is 0 Å². The summed E-state index contributed by atoms with van der Waals surface area (Å²) in [5.41, 5.74) is 0. The van der Waals surface area contributed by atoms with Crippen LogP contribution in [0.5, 0.6) is 0 Å². The summed E-state index contributed by atoms with van der Waals surface area (Å²) in [5.74, 6) is 0. The van der Waals surface area contributed by atoms with E-state index in [1.165, 1.54) is 6.92 Å². The number of halogens is 10. The van der Waals surface area contributed by atoms with Gasteiger partial charge in [-0.2, -0.15) is 60.7 Å². The number of aliphatic hydroxyl groups excluding tert-OH is 2. The highest BCUT2D eigenvalue weighted by atomic mass is 32.2. The van der Waals surface area contributed by atoms with Gasteiger partial charge < -0.3 is 10.2 Å². The van der Waals surface area contributed by atoms with Gasteiger partial charge in [0.05, 0.1) is 12.7 Å². The average Bonchev–Trinajstić information content (AvgIpc) is 2.34. The third kappa shape index (κ3) is 9.69. The molecule has 0 rings (SSSR count). The molecule has 168 valence electrons. The van der Waals surface area contributed by atoms with Gasteiger partial charge in [-0.25, -0.2) is 0 Å². The summed E-state index contributed by atoms with van der Waals surface area (Å²) >= 11 is 0. The molecule has 0 saturated heterocycles. The van der Waals surface area contributed by atoms with Gasteiger partial charge in [0, 0.05) is 0 Å². The molecule has 0 aromatic carbocycles. The normalized spacial score (nSPS) is 15.1. The Morgan fingerprint density at radius 3 is 0.852 bits per heavy atom. The Morgan fingerprint density at radius 1 is 0.704 bits per heavy atom. The third-order valence-electron chi connectivity index (χ3n) is 1.57. The largest absolute Gasteiger partial charge is 0.472 e. The first-order valence-electron chi connectivity index (χ1n) is 5.39. The molecular weight excluding hydrogens is 466 g/mol. The summed E-state index contributed by atoms with van der Waals surface area (Å²) in [6.45, 7) is 1.39. The van der Waals surface area contributed by atoms with Crippen LogP contribution in [0.2, 0.25) is 0 Å². The van der Waals surface area contributed by atoms with Gasteiger partial charge in [0.25, 0.3) is 0 Å². The maximum absolute atomic E-state index is 11.5. The van der Waals surface area contributed by atoms with Gasteiger partial charge in [0.2, 0.25) is 0 Å². The molecule has 0 amide bonds. The van der Waals surface area contributed by atoms with Crippen LogP contribution in [0.4, 0.5) is 43.9 Å². The van der Waals surface area contributed by atoms with Crippen molar-refractivity contribution in [1.29, 1.82) is 0 Å². The van der Waals surface area contributed by atoms with E-state index in [2.05, 4.69) is 0 Å². The van der Waals surface area contributed by atoms with E-state index in [9.17, 15) is 60.7 Å². The molecule has 0 spiro atoms. The molecule has 0 aliphatic rings. The monoisotopic (exact) mass is 476 g/mol. The summed E-state index contributed by atoms with van der Waals surface area (Å²) in [4.78, 5) is 0. The van der Waals surface area contributed by atoms with Crippen LogP contribution in [0, 0.1) is 0 Å². The second-order valence-electron chi connectivity index (χ2n) is 4.01. The number of rotatable bonds is 3. The highest BCUT2D eigenvalue weighted by Gasteiger charge is 2.68. The van der Waals surface area contributed by atoms with Crippen LogP contribution in [0.25, 0.3) is 0 Å². The standard InChI is InChI=1S/C3H8O2.2C2HF5O3S/c1-3(5)2-4;2*3-1(4,5)2(6,7)11(8,9)10/h3-5H,2H2,1H3;2*(H,8,9,10). The zero-order valence-electron chi connectivity index (χ0n) is 12.3. The molecule has 0 saturated carbocycles.